The molecule has 2 N–H and O–H groups in total. The first kappa shape index (κ1) is 21.8. The Morgan fingerprint density at radius 2 is 2.12 bits per heavy atom. The van der Waals surface area contributed by atoms with Gasteiger partial charge >= 0.3 is 6.09 Å². The molecule has 2 aliphatic heterocycles. The lowest BCUT2D eigenvalue weighted by molar-refractivity contribution is -0.162. The Hall–Kier alpha value is -3.47. The molecule has 32 heavy (non-hydrogen) atoms. The number of nitrogens with one attached hydrogen (secondary N) is 1. The van der Waals surface area contributed by atoms with Crippen LogP contribution in [0, 0.1) is 0 Å². The van der Waals surface area contributed by atoms with Gasteiger partial charge in [-0.25, -0.2) is 4.79 Å². The van der Waals surface area contributed by atoms with Gasteiger partial charge in [-0.1, -0.05) is 30.3 Å². The Kier molecular flexibility index (Phi) is 6.08. The van der Waals surface area contributed by atoms with Crippen molar-refractivity contribution in [3.05, 3.63) is 48.2 Å². The number of carbonyl (C=O) groups excluding carboxylic acids is 3. The minimum atomic E-state index is -0.970. The number of β-lactam (4-membered cyclic amide) rings is 1. The van der Waals surface area contributed by atoms with Crippen molar-refractivity contribution in [3.8, 4) is 0 Å². The van der Waals surface area contributed by atoms with E-state index in [9.17, 15) is 19.5 Å². The van der Waals surface area contributed by atoms with Crippen LogP contribution in [-0.2, 0) is 20.9 Å². The molecule has 2 aromatic rings. The van der Waals surface area contributed by atoms with Crippen LogP contribution >= 0.6 is 0 Å². The number of amides is 3. The third-order valence-corrected chi connectivity index (χ3v) is 5.83. The summed E-state index contributed by atoms with van der Waals surface area (Å²) in [6, 6.07) is 8.43. The molecule has 3 atom stereocenters. The predicted molar refractivity (Wildman–Crippen MR) is 109 cm³/mol. The molecule has 170 valence electrons. The topological polar surface area (TPSA) is 138 Å². The van der Waals surface area contributed by atoms with Gasteiger partial charge in [-0.15, -0.1) is 10.2 Å². The van der Waals surface area contributed by atoms with Crippen molar-refractivity contribution in [3.63, 3.8) is 0 Å². The van der Waals surface area contributed by atoms with Gasteiger partial charge in [0.2, 0.25) is 18.2 Å². The highest BCUT2D eigenvalue weighted by molar-refractivity contribution is 5.98. The van der Waals surface area contributed by atoms with Crippen LogP contribution in [0.1, 0.15) is 37.3 Å². The summed E-state index contributed by atoms with van der Waals surface area (Å²) >= 11 is 0. The zero-order chi connectivity index (χ0) is 22.7. The van der Waals surface area contributed by atoms with Crippen molar-refractivity contribution in [2.45, 2.75) is 44.1 Å². The maximum Gasteiger partial charge on any atom is 0.411 e. The first-order valence-electron chi connectivity index (χ1n) is 10.4. The molecule has 0 bridgehead atoms. The molecule has 3 heterocycles. The van der Waals surface area contributed by atoms with Crippen molar-refractivity contribution >= 4 is 17.9 Å². The molecule has 0 radical (unpaired) electrons. The van der Waals surface area contributed by atoms with Crippen molar-refractivity contribution in [1.82, 2.24) is 25.3 Å². The maximum absolute atomic E-state index is 13.0. The normalized spacial score (nSPS) is 21.9. The largest absolute Gasteiger partial charge is 0.445 e. The van der Waals surface area contributed by atoms with E-state index in [2.05, 4.69) is 15.5 Å². The van der Waals surface area contributed by atoms with Crippen molar-refractivity contribution in [2.24, 2.45) is 0 Å². The van der Waals surface area contributed by atoms with Gasteiger partial charge in [0.15, 0.2) is 0 Å². The minimum absolute atomic E-state index is 0.0721. The highest BCUT2D eigenvalue weighted by Gasteiger charge is 2.60. The molecule has 1 spiro atoms. The fraction of sp³-hybridized carbons (Fsp3) is 0.476. The van der Waals surface area contributed by atoms with Gasteiger partial charge in [-0.2, -0.15) is 0 Å². The van der Waals surface area contributed by atoms with E-state index in [1.165, 1.54) is 16.7 Å². The number of aromatic nitrogens is 2. The van der Waals surface area contributed by atoms with Gasteiger partial charge in [0.05, 0.1) is 19.2 Å². The van der Waals surface area contributed by atoms with Crippen LogP contribution in [0.25, 0.3) is 0 Å². The first-order chi connectivity index (χ1) is 15.4. The van der Waals surface area contributed by atoms with Gasteiger partial charge in [0, 0.05) is 6.54 Å². The van der Waals surface area contributed by atoms with Crippen LogP contribution in [0.3, 0.4) is 0 Å². The Morgan fingerprint density at radius 1 is 1.34 bits per heavy atom. The van der Waals surface area contributed by atoms with Crippen LogP contribution in [0.5, 0.6) is 0 Å². The van der Waals surface area contributed by atoms with Crippen LogP contribution in [0.15, 0.2) is 41.1 Å². The smallest absolute Gasteiger partial charge is 0.411 e. The number of carbonyl (C=O) groups is 3. The quantitative estimate of drug-likeness (QED) is 0.594. The summed E-state index contributed by atoms with van der Waals surface area (Å²) in [5, 5.41) is 19.8. The number of hydrogen-bond donors (Lipinski definition) is 2. The number of aliphatic hydroxyl groups excluding tert-OH is 1. The summed E-state index contributed by atoms with van der Waals surface area (Å²) in [6.45, 7) is 2.09. The zero-order valence-electron chi connectivity index (χ0n) is 17.6. The van der Waals surface area contributed by atoms with Gasteiger partial charge in [-0.05, 0) is 25.3 Å². The van der Waals surface area contributed by atoms with E-state index in [0.717, 1.165) is 12.0 Å². The van der Waals surface area contributed by atoms with E-state index >= 15 is 0 Å². The lowest BCUT2D eigenvalue weighted by atomic mass is 9.85. The number of aliphatic hydroxyl groups is 1. The molecule has 4 rings (SSSR count). The summed E-state index contributed by atoms with van der Waals surface area (Å²) in [5.41, 5.74) is -0.0919. The SMILES string of the molecule is C[C@@H](O)[C@H](NC(=O)CN1CC2(CCCN2C(=O)OCc2ccccc2)C1=O)c1nnco1. The standard InChI is InChI=1S/C21H25N5O6/c1-14(27)17(18-24-22-13-32-18)23-16(28)10-25-12-21(19(25)29)8-5-9-26(21)20(30)31-11-15-6-3-2-4-7-15/h2-4,6-7,13-14,17,27H,5,8-12H2,1H3,(H,23,28)/t14-,17+,21?/m1/s1. The summed E-state index contributed by atoms with van der Waals surface area (Å²) < 4.78 is 10.5. The van der Waals surface area contributed by atoms with E-state index in [1.54, 1.807) is 0 Å². The number of ether oxygens (including phenoxy) is 1. The Balaban J connectivity index is 1.33. The number of hydrogen-bond acceptors (Lipinski definition) is 8. The van der Waals surface area contributed by atoms with Crippen molar-refractivity contribution in [1.29, 1.82) is 0 Å². The highest BCUT2D eigenvalue weighted by atomic mass is 16.6. The molecule has 0 aliphatic carbocycles. The van der Waals surface area contributed by atoms with E-state index in [4.69, 9.17) is 9.15 Å². The highest BCUT2D eigenvalue weighted by Crippen LogP contribution is 2.39. The predicted octanol–water partition coefficient (Wildman–Crippen LogP) is 0.621. The van der Waals surface area contributed by atoms with E-state index in [0.29, 0.717) is 19.4 Å². The average molecular weight is 443 g/mol. The lowest BCUT2D eigenvalue weighted by Crippen LogP contribution is -2.73. The molecular formula is C21H25N5O6. The van der Waals surface area contributed by atoms with E-state index in [1.807, 2.05) is 30.3 Å². The first-order valence-corrected chi connectivity index (χ1v) is 10.4. The second kappa shape index (κ2) is 8.95. The van der Waals surface area contributed by atoms with Crippen molar-refractivity contribution in [2.75, 3.05) is 19.6 Å². The third-order valence-electron chi connectivity index (χ3n) is 5.83. The van der Waals surface area contributed by atoms with Crippen LogP contribution < -0.4 is 5.32 Å². The molecule has 2 saturated heterocycles. The molecule has 3 amide bonds. The Bertz CT molecular complexity index is 966. The molecule has 11 nitrogen and oxygen atoms in total. The molecule has 1 aromatic carbocycles. The average Bonchev–Trinajstić information content (AvgIpc) is 3.47. The van der Waals surface area contributed by atoms with Crippen LogP contribution in [0.4, 0.5) is 4.79 Å². The Morgan fingerprint density at radius 3 is 2.78 bits per heavy atom. The summed E-state index contributed by atoms with van der Waals surface area (Å²) in [4.78, 5) is 40.9. The lowest BCUT2D eigenvalue weighted by Gasteiger charge is -2.50. The number of nitrogens with zero attached hydrogens (tertiary/aromatic N) is 4. The minimum Gasteiger partial charge on any atom is -0.445 e. The fourth-order valence-corrected chi connectivity index (χ4v) is 4.21. The van der Waals surface area contributed by atoms with Crippen molar-refractivity contribution < 1.29 is 28.6 Å². The zero-order valence-corrected chi connectivity index (χ0v) is 17.6. The Labute approximate surface area is 184 Å². The summed E-state index contributed by atoms with van der Waals surface area (Å²) in [7, 11) is 0. The van der Waals surface area contributed by atoms with E-state index in [-0.39, 0.29) is 31.5 Å². The van der Waals surface area contributed by atoms with E-state index < -0.39 is 29.7 Å². The number of rotatable bonds is 7. The molecule has 2 fully saturated rings. The molecule has 1 unspecified atom stereocenters. The van der Waals surface area contributed by atoms with Gasteiger partial charge in [0.1, 0.15) is 18.2 Å². The third kappa shape index (κ3) is 4.15. The van der Waals surface area contributed by atoms with Gasteiger partial charge in [0.25, 0.3) is 5.91 Å². The number of likely N-dealkylation sites (tertiary alicyclic amines) is 2. The molecule has 2 aliphatic rings. The van der Waals surface area contributed by atoms with Gasteiger partial charge in [-0.3, -0.25) is 14.5 Å². The van der Waals surface area contributed by atoms with Crippen LogP contribution in [0.2, 0.25) is 0 Å². The monoisotopic (exact) mass is 443 g/mol. The summed E-state index contributed by atoms with van der Waals surface area (Å²) in [5.74, 6) is -0.690. The fourth-order valence-electron chi connectivity index (χ4n) is 4.21. The molecule has 11 heteroatoms. The molecule has 0 saturated carbocycles. The van der Waals surface area contributed by atoms with Crippen LogP contribution in [-0.4, -0.2) is 74.3 Å². The number of benzene rings is 1. The second-order valence-corrected chi connectivity index (χ2v) is 8.05. The molecular weight excluding hydrogens is 418 g/mol. The van der Waals surface area contributed by atoms with Gasteiger partial charge < -0.3 is 24.5 Å². The maximum atomic E-state index is 13.0. The second-order valence-electron chi connectivity index (χ2n) is 8.05. The summed E-state index contributed by atoms with van der Waals surface area (Å²) in [6.07, 6.45) is 0.818. The molecule has 1 aromatic heterocycles.